The molecule has 0 unspecified atom stereocenters. The van der Waals surface area contributed by atoms with E-state index in [-0.39, 0.29) is 17.9 Å². The Hall–Kier alpha value is -2.57. The van der Waals surface area contributed by atoms with Crippen LogP contribution in [0.15, 0.2) is 30.6 Å². The van der Waals surface area contributed by atoms with E-state index in [1.54, 1.807) is 12.4 Å². The summed E-state index contributed by atoms with van der Waals surface area (Å²) in [5.74, 6) is -0.646. The van der Waals surface area contributed by atoms with Gasteiger partial charge < -0.3 is 5.32 Å². The lowest BCUT2D eigenvalue weighted by Gasteiger charge is -2.06. The third kappa shape index (κ3) is 3.21. The van der Waals surface area contributed by atoms with E-state index in [9.17, 15) is 14.5 Å². The standard InChI is InChI=1S/C12H11FN4O2/c1-8-5-15-10(6-14-8)7-16-11-3-2-9(13)4-12(11)17(18)19/h2-6,16H,7H2,1H3. The Morgan fingerprint density at radius 1 is 1.37 bits per heavy atom. The molecule has 6 nitrogen and oxygen atoms in total. The van der Waals surface area contributed by atoms with E-state index in [4.69, 9.17) is 0 Å². The highest BCUT2D eigenvalue weighted by Gasteiger charge is 2.14. The SMILES string of the molecule is Cc1cnc(CNc2ccc(F)cc2[N+](=O)[O-])cn1. The van der Waals surface area contributed by atoms with Gasteiger partial charge >= 0.3 is 0 Å². The topological polar surface area (TPSA) is 81.0 Å². The van der Waals surface area contributed by atoms with Crippen LogP contribution in [0.1, 0.15) is 11.4 Å². The molecule has 2 rings (SSSR count). The Labute approximate surface area is 108 Å². The number of nitrogens with one attached hydrogen (secondary N) is 1. The van der Waals surface area contributed by atoms with Crippen molar-refractivity contribution in [2.45, 2.75) is 13.5 Å². The summed E-state index contributed by atoms with van der Waals surface area (Å²) < 4.78 is 13.0. The summed E-state index contributed by atoms with van der Waals surface area (Å²) in [5, 5.41) is 13.6. The number of nitro benzene ring substituents is 1. The molecule has 0 saturated carbocycles. The van der Waals surface area contributed by atoms with Gasteiger partial charge in [0, 0.05) is 6.20 Å². The number of nitrogens with zero attached hydrogens (tertiary/aromatic N) is 3. The lowest BCUT2D eigenvalue weighted by atomic mass is 10.2. The number of aromatic nitrogens is 2. The fourth-order valence-electron chi connectivity index (χ4n) is 1.50. The van der Waals surface area contributed by atoms with Gasteiger partial charge in [0.1, 0.15) is 11.5 Å². The zero-order chi connectivity index (χ0) is 13.8. The molecular weight excluding hydrogens is 251 g/mol. The van der Waals surface area contributed by atoms with Crippen LogP contribution in [0.2, 0.25) is 0 Å². The Kier molecular flexibility index (Phi) is 3.65. The number of aryl methyl sites for hydroxylation is 1. The maximum Gasteiger partial charge on any atom is 0.295 e. The number of hydrogen-bond donors (Lipinski definition) is 1. The van der Waals surface area contributed by atoms with Gasteiger partial charge in [-0.3, -0.25) is 20.1 Å². The summed E-state index contributed by atoms with van der Waals surface area (Å²) in [4.78, 5) is 18.4. The van der Waals surface area contributed by atoms with Crippen LogP contribution in [0.3, 0.4) is 0 Å². The molecule has 0 bridgehead atoms. The van der Waals surface area contributed by atoms with E-state index < -0.39 is 10.7 Å². The summed E-state index contributed by atoms with van der Waals surface area (Å²) in [6.45, 7) is 2.09. The van der Waals surface area contributed by atoms with Crippen LogP contribution in [0.25, 0.3) is 0 Å². The number of halogens is 1. The Morgan fingerprint density at radius 2 is 2.16 bits per heavy atom. The van der Waals surface area contributed by atoms with Crippen molar-refractivity contribution in [2.75, 3.05) is 5.32 Å². The maximum absolute atomic E-state index is 13.0. The van der Waals surface area contributed by atoms with Crippen LogP contribution < -0.4 is 5.32 Å². The normalized spacial score (nSPS) is 10.2. The molecule has 19 heavy (non-hydrogen) atoms. The first kappa shape index (κ1) is 12.9. The van der Waals surface area contributed by atoms with E-state index in [1.165, 1.54) is 6.07 Å². The van der Waals surface area contributed by atoms with Crippen molar-refractivity contribution in [3.8, 4) is 0 Å². The summed E-state index contributed by atoms with van der Waals surface area (Å²) in [7, 11) is 0. The zero-order valence-electron chi connectivity index (χ0n) is 10.1. The van der Waals surface area contributed by atoms with Crippen molar-refractivity contribution >= 4 is 11.4 Å². The van der Waals surface area contributed by atoms with E-state index in [2.05, 4.69) is 15.3 Å². The van der Waals surface area contributed by atoms with Gasteiger partial charge in [-0.15, -0.1) is 0 Å². The average Bonchev–Trinajstić information content (AvgIpc) is 2.39. The predicted octanol–water partition coefficient (Wildman–Crippen LogP) is 2.44. The minimum atomic E-state index is -0.646. The largest absolute Gasteiger partial charge is 0.374 e. The lowest BCUT2D eigenvalue weighted by Crippen LogP contribution is -2.05. The molecule has 0 aliphatic heterocycles. The number of anilines is 1. The molecule has 0 aliphatic rings. The number of nitro groups is 1. The molecule has 0 saturated heterocycles. The van der Waals surface area contributed by atoms with E-state index in [1.807, 2.05) is 6.92 Å². The number of benzene rings is 1. The third-order valence-corrected chi connectivity index (χ3v) is 2.45. The van der Waals surface area contributed by atoms with Crippen LogP contribution in [0, 0.1) is 22.9 Å². The van der Waals surface area contributed by atoms with Gasteiger partial charge in [0.05, 0.1) is 35.1 Å². The molecule has 1 aromatic heterocycles. The Morgan fingerprint density at radius 3 is 2.79 bits per heavy atom. The van der Waals surface area contributed by atoms with Crippen LogP contribution in [-0.2, 0) is 6.54 Å². The maximum atomic E-state index is 13.0. The predicted molar refractivity (Wildman–Crippen MR) is 67.2 cm³/mol. The second-order valence-electron chi connectivity index (χ2n) is 3.92. The van der Waals surface area contributed by atoms with Crippen molar-refractivity contribution in [3.05, 3.63) is 57.9 Å². The van der Waals surface area contributed by atoms with Crippen LogP contribution in [0.4, 0.5) is 15.8 Å². The molecule has 2 aromatic rings. The first-order valence-corrected chi connectivity index (χ1v) is 5.51. The highest BCUT2D eigenvalue weighted by Crippen LogP contribution is 2.25. The Balaban J connectivity index is 2.15. The van der Waals surface area contributed by atoms with Crippen LogP contribution >= 0.6 is 0 Å². The van der Waals surface area contributed by atoms with Gasteiger partial charge in [-0.1, -0.05) is 0 Å². The molecule has 7 heteroatoms. The van der Waals surface area contributed by atoms with Crippen molar-refractivity contribution in [1.82, 2.24) is 9.97 Å². The van der Waals surface area contributed by atoms with Gasteiger partial charge in [0.2, 0.25) is 0 Å². The average molecular weight is 262 g/mol. The summed E-state index contributed by atoms with van der Waals surface area (Å²) in [6.07, 6.45) is 3.19. The van der Waals surface area contributed by atoms with Crippen molar-refractivity contribution in [3.63, 3.8) is 0 Å². The minimum Gasteiger partial charge on any atom is -0.374 e. The van der Waals surface area contributed by atoms with Gasteiger partial charge in [-0.05, 0) is 19.1 Å². The molecule has 0 fully saturated rings. The third-order valence-electron chi connectivity index (χ3n) is 2.45. The minimum absolute atomic E-state index is 0.244. The second-order valence-corrected chi connectivity index (χ2v) is 3.92. The molecule has 0 amide bonds. The first-order chi connectivity index (χ1) is 9.06. The zero-order valence-corrected chi connectivity index (χ0v) is 10.1. The highest BCUT2D eigenvalue weighted by molar-refractivity contribution is 5.61. The summed E-state index contributed by atoms with van der Waals surface area (Å²) in [5.41, 5.74) is 1.37. The van der Waals surface area contributed by atoms with Gasteiger partial charge in [0.15, 0.2) is 0 Å². The van der Waals surface area contributed by atoms with Crippen molar-refractivity contribution in [1.29, 1.82) is 0 Å². The van der Waals surface area contributed by atoms with Gasteiger partial charge in [-0.2, -0.15) is 0 Å². The van der Waals surface area contributed by atoms with Crippen molar-refractivity contribution in [2.24, 2.45) is 0 Å². The van der Waals surface area contributed by atoms with Crippen LogP contribution in [-0.4, -0.2) is 14.9 Å². The fourth-order valence-corrected chi connectivity index (χ4v) is 1.50. The number of rotatable bonds is 4. The molecule has 0 radical (unpaired) electrons. The van der Waals surface area contributed by atoms with E-state index >= 15 is 0 Å². The molecule has 1 aromatic carbocycles. The molecule has 0 aliphatic carbocycles. The fraction of sp³-hybridized carbons (Fsp3) is 0.167. The molecular formula is C12H11FN4O2. The molecule has 0 atom stereocenters. The summed E-state index contributed by atoms with van der Waals surface area (Å²) >= 11 is 0. The van der Waals surface area contributed by atoms with E-state index in [0.717, 1.165) is 17.8 Å². The molecule has 98 valence electrons. The lowest BCUT2D eigenvalue weighted by molar-refractivity contribution is -0.384. The highest BCUT2D eigenvalue weighted by atomic mass is 19.1. The number of hydrogen-bond acceptors (Lipinski definition) is 5. The summed E-state index contributed by atoms with van der Waals surface area (Å²) in [6, 6.07) is 3.37. The Bertz CT molecular complexity index is 601. The van der Waals surface area contributed by atoms with E-state index in [0.29, 0.717) is 5.69 Å². The quantitative estimate of drug-likeness (QED) is 0.676. The van der Waals surface area contributed by atoms with Crippen LogP contribution in [0.5, 0.6) is 0 Å². The monoisotopic (exact) mass is 262 g/mol. The first-order valence-electron chi connectivity index (χ1n) is 5.51. The van der Waals surface area contributed by atoms with Gasteiger partial charge in [0.25, 0.3) is 5.69 Å². The second kappa shape index (κ2) is 5.38. The molecule has 1 heterocycles. The van der Waals surface area contributed by atoms with Gasteiger partial charge in [-0.25, -0.2) is 4.39 Å². The van der Waals surface area contributed by atoms with Crippen molar-refractivity contribution < 1.29 is 9.31 Å². The smallest absolute Gasteiger partial charge is 0.295 e. The molecule has 0 spiro atoms. The molecule has 1 N–H and O–H groups in total.